The minimum absolute atomic E-state index is 0.568. The van der Waals surface area contributed by atoms with Crippen molar-refractivity contribution in [3.63, 3.8) is 0 Å². The van der Waals surface area contributed by atoms with E-state index in [9.17, 15) is 9.59 Å². The average Bonchev–Trinajstić information content (AvgIpc) is 2.50. The van der Waals surface area contributed by atoms with Gasteiger partial charge >= 0.3 is 28.6 Å². The summed E-state index contributed by atoms with van der Waals surface area (Å²) in [6, 6.07) is 1.14. The zero-order chi connectivity index (χ0) is 15.8. The molecule has 0 aliphatic carbocycles. The number of hydrogen-bond acceptors (Lipinski definition) is 4. The molecule has 6 heteroatoms. The van der Waals surface area contributed by atoms with Crippen LogP contribution in [0.25, 0.3) is 0 Å². The Bertz CT molecular complexity index is 373. The third-order valence-electron chi connectivity index (χ3n) is 3.22. The summed E-state index contributed by atoms with van der Waals surface area (Å²) in [4.78, 5) is 23.7. The Labute approximate surface area is 122 Å². The lowest BCUT2D eigenvalue weighted by molar-refractivity contribution is -0.157. The summed E-state index contributed by atoms with van der Waals surface area (Å²) in [6.45, 7) is 18.3. The quantitative estimate of drug-likeness (QED) is 0.511. The highest BCUT2D eigenvalue weighted by Crippen LogP contribution is 2.17. The first kappa shape index (κ1) is 18.3. The third kappa shape index (κ3) is 4.17. The summed E-state index contributed by atoms with van der Waals surface area (Å²) >= 11 is 0. The summed E-state index contributed by atoms with van der Waals surface area (Å²) < 4.78 is 10.5. The van der Waals surface area contributed by atoms with Gasteiger partial charge in [0.2, 0.25) is 0 Å². The maximum absolute atomic E-state index is 11.9. The molecule has 0 aliphatic heterocycles. The molecule has 0 spiro atoms. The average molecular weight is 310 g/mol. The second-order valence-electron chi connectivity index (χ2n) is 4.21. The lowest BCUT2D eigenvalue weighted by Crippen LogP contribution is -2.43. The maximum atomic E-state index is 11.9. The fourth-order valence-corrected chi connectivity index (χ4v) is 4.45. The van der Waals surface area contributed by atoms with Crippen LogP contribution in [0.15, 0.2) is 49.1 Å². The van der Waals surface area contributed by atoms with E-state index in [0.717, 1.165) is 0 Å². The van der Waals surface area contributed by atoms with E-state index in [4.69, 9.17) is 8.85 Å². The molecule has 0 aromatic heterocycles. The highest BCUT2D eigenvalue weighted by atomic mass is 28.4. The summed E-state index contributed by atoms with van der Waals surface area (Å²) in [5, 5.41) is 0. The van der Waals surface area contributed by atoms with E-state index < -0.39 is 28.6 Å². The first-order chi connectivity index (χ1) is 9.38. The monoisotopic (exact) mass is 310 g/mol. The molecular formula is C14H22O4Si2. The molecular weight excluding hydrogens is 288 g/mol. The van der Waals surface area contributed by atoms with Crippen LogP contribution in [0, 0.1) is 0 Å². The molecule has 0 aliphatic rings. The Balaban J connectivity index is 5.01. The van der Waals surface area contributed by atoms with Crippen LogP contribution in [0.4, 0.5) is 0 Å². The van der Waals surface area contributed by atoms with Crippen molar-refractivity contribution in [2.24, 2.45) is 0 Å². The van der Waals surface area contributed by atoms with Gasteiger partial charge in [-0.05, 0) is 12.1 Å². The van der Waals surface area contributed by atoms with Gasteiger partial charge in [0.25, 0.3) is 0 Å². The number of hydrogen-bond donors (Lipinski definition) is 0. The molecule has 4 nitrogen and oxygen atoms in total. The van der Waals surface area contributed by atoms with Crippen molar-refractivity contribution in [2.75, 3.05) is 0 Å². The van der Waals surface area contributed by atoms with Crippen molar-refractivity contribution >= 4 is 28.6 Å². The van der Waals surface area contributed by atoms with Crippen molar-refractivity contribution in [1.82, 2.24) is 0 Å². The minimum atomic E-state index is -2.61. The van der Waals surface area contributed by atoms with Crippen LogP contribution in [0.1, 0.15) is 13.8 Å². The van der Waals surface area contributed by atoms with Gasteiger partial charge in [-0.1, -0.05) is 36.6 Å². The zero-order valence-electron chi connectivity index (χ0n) is 12.2. The predicted molar refractivity (Wildman–Crippen MR) is 85.4 cm³/mol. The predicted octanol–water partition coefficient (Wildman–Crippen LogP) is 2.90. The van der Waals surface area contributed by atoms with Crippen molar-refractivity contribution in [2.45, 2.75) is 25.9 Å². The van der Waals surface area contributed by atoms with Crippen molar-refractivity contribution in [3.8, 4) is 0 Å². The van der Waals surface area contributed by atoms with Gasteiger partial charge in [-0.15, -0.1) is 26.3 Å². The van der Waals surface area contributed by atoms with Gasteiger partial charge in [0.15, 0.2) is 0 Å². The van der Waals surface area contributed by atoms with Gasteiger partial charge in [-0.25, -0.2) is 9.59 Å². The first-order valence-corrected chi connectivity index (χ1v) is 10.9. The summed E-state index contributed by atoms with van der Waals surface area (Å²) in [7, 11) is -5.22. The molecule has 0 aromatic carbocycles. The molecule has 0 atom stereocenters. The van der Waals surface area contributed by atoms with E-state index >= 15 is 0 Å². The molecule has 0 rings (SSSR count). The molecule has 0 radical (unpaired) electrons. The van der Waals surface area contributed by atoms with Gasteiger partial charge in [0.1, 0.15) is 0 Å². The molecule has 0 saturated heterocycles. The Hall–Kier alpha value is -1.67. The molecule has 0 aromatic rings. The smallest absolute Gasteiger partial charge is 0.403 e. The maximum Gasteiger partial charge on any atom is 0.403 e. The van der Waals surface area contributed by atoms with Crippen LogP contribution >= 0.6 is 0 Å². The fourth-order valence-electron chi connectivity index (χ4n) is 1.48. The van der Waals surface area contributed by atoms with Gasteiger partial charge in [0.05, 0.1) is 0 Å². The standard InChI is InChI=1S/C14H22O4Si2/c1-7-19(8-2,9-3)17-13(15)14(16)18-20(10-4,11-5)12-6/h7-8,10-11H,1-2,4-5,9,12H2,3,6H3. The first-order valence-electron chi connectivity index (χ1n) is 6.38. The largest absolute Gasteiger partial charge is 0.503 e. The molecule has 0 amide bonds. The van der Waals surface area contributed by atoms with E-state index in [0.29, 0.717) is 12.1 Å². The second kappa shape index (κ2) is 7.81. The number of carbonyl (C=O) groups excluding carboxylic acids is 2. The molecule has 0 saturated carbocycles. The molecule has 0 N–H and O–H groups in total. The van der Waals surface area contributed by atoms with E-state index in [1.54, 1.807) is 22.8 Å². The Kier molecular flexibility index (Phi) is 7.16. The van der Waals surface area contributed by atoms with Crippen molar-refractivity contribution in [1.29, 1.82) is 0 Å². The molecule has 20 heavy (non-hydrogen) atoms. The lowest BCUT2D eigenvalue weighted by Gasteiger charge is -2.25. The second-order valence-corrected chi connectivity index (χ2v) is 11.5. The summed E-state index contributed by atoms with van der Waals surface area (Å²) in [6.07, 6.45) is 0. The minimum Gasteiger partial charge on any atom is -0.503 e. The normalized spacial score (nSPS) is 11.1. The van der Waals surface area contributed by atoms with Crippen LogP contribution in [0.5, 0.6) is 0 Å². The van der Waals surface area contributed by atoms with Crippen molar-refractivity contribution < 1.29 is 18.4 Å². The number of rotatable bonds is 8. The van der Waals surface area contributed by atoms with Crippen LogP contribution in [0.3, 0.4) is 0 Å². The zero-order valence-corrected chi connectivity index (χ0v) is 14.2. The van der Waals surface area contributed by atoms with E-state index in [1.165, 1.54) is 0 Å². The van der Waals surface area contributed by atoms with Crippen molar-refractivity contribution in [3.05, 3.63) is 49.1 Å². The van der Waals surface area contributed by atoms with E-state index in [2.05, 4.69) is 26.3 Å². The number of carbonyl (C=O) groups is 2. The van der Waals surface area contributed by atoms with Crippen LogP contribution in [-0.4, -0.2) is 28.6 Å². The lowest BCUT2D eigenvalue weighted by atomic mass is 10.7. The molecule has 0 bridgehead atoms. The molecule has 0 heterocycles. The highest BCUT2D eigenvalue weighted by molar-refractivity contribution is 6.86. The molecule has 0 unspecified atom stereocenters. The fraction of sp³-hybridized carbons (Fsp3) is 0.286. The topological polar surface area (TPSA) is 52.6 Å². The van der Waals surface area contributed by atoms with Gasteiger partial charge < -0.3 is 8.85 Å². The highest BCUT2D eigenvalue weighted by Gasteiger charge is 2.37. The molecule has 0 fully saturated rings. The molecule has 110 valence electrons. The van der Waals surface area contributed by atoms with E-state index in [-0.39, 0.29) is 0 Å². The summed E-state index contributed by atoms with van der Waals surface area (Å²) in [5.74, 6) is -2.01. The third-order valence-corrected chi connectivity index (χ3v) is 9.32. The summed E-state index contributed by atoms with van der Waals surface area (Å²) in [5.41, 5.74) is 6.26. The Morgan fingerprint density at radius 1 is 0.800 bits per heavy atom. The van der Waals surface area contributed by atoms with Gasteiger partial charge in [0, 0.05) is 0 Å². The van der Waals surface area contributed by atoms with E-state index in [1.807, 2.05) is 13.8 Å². The van der Waals surface area contributed by atoms with Crippen LogP contribution in [0.2, 0.25) is 12.1 Å². The van der Waals surface area contributed by atoms with Gasteiger partial charge in [-0.2, -0.15) is 0 Å². The Morgan fingerprint density at radius 3 is 1.20 bits per heavy atom. The van der Waals surface area contributed by atoms with Crippen LogP contribution in [-0.2, 0) is 18.4 Å². The van der Waals surface area contributed by atoms with Crippen LogP contribution < -0.4 is 0 Å². The Morgan fingerprint density at radius 2 is 1.05 bits per heavy atom. The SMILES string of the molecule is C=C[Si](C=C)(CC)OC(=O)C(=O)O[Si](C=C)(C=C)CC. The van der Waals surface area contributed by atoms with Gasteiger partial charge in [-0.3, -0.25) is 0 Å².